The van der Waals surface area contributed by atoms with Crippen molar-refractivity contribution in [2.75, 3.05) is 18.0 Å². The lowest BCUT2D eigenvalue weighted by molar-refractivity contribution is 0.140. The molecular formula is C20H19F2NO. The number of nitrogens with zero attached hydrogens (tertiary/aromatic N) is 1. The molecule has 124 valence electrons. The van der Waals surface area contributed by atoms with E-state index in [-0.39, 0.29) is 5.56 Å². The van der Waals surface area contributed by atoms with Crippen LogP contribution in [-0.4, -0.2) is 18.2 Å². The smallest absolute Gasteiger partial charge is 0.179 e. The Hall–Kier alpha value is -2.38. The van der Waals surface area contributed by atoms with Crippen LogP contribution < -0.4 is 4.90 Å². The highest BCUT2D eigenvalue weighted by Gasteiger charge is 2.32. The van der Waals surface area contributed by atoms with Gasteiger partial charge in [-0.15, -0.1) is 6.42 Å². The average Bonchev–Trinajstić information content (AvgIpc) is 2.62. The van der Waals surface area contributed by atoms with Crippen LogP contribution in [0.4, 0.5) is 14.5 Å². The molecule has 1 unspecified atom stereocenters. The van der Waals surface area contributed by atoms with E-state index in [4.69, 9.17) is 6.42 Å². The first-order valence-corrected chi connectivity index (χ1v) is 8.06. The van der Waals surface area contributed by atoms with E-state index in [0.29, 0.717) is 5.56 Å². The van der Waals surface area contributed by atoms with Crippen molar-refractivity contribution in [2.45, 2.75) is 24.9 Å². The van der Waals surface area contributed by atoms with Crippen LogP contribution in [0.1, 0.15) is 30.4 Å². The lowest BCUT2D eigenvalue weighted by atomic mass is 9.86. The highest BCUT2D eigenvalue weighted by molar-refractivity contribution is 5.52. The van der Waals surface area contributed by atoms with E-state index in [1.54, 1.807) is 12.1 Å². The Balaban J connectivity index is 1.94. The molecule has 0 aromatic heterocycles. The summed E-state index contributed by atoms with van der Waals surface area (Å²) in [5.41, 5.74) is -0.621. The molecule has 3 rings (SSSR count). The van der Waals surface area contributed by atoms with Gasteiger partial charge in [0.25, 0.3) is 0 Å². The van der Waals surface area contributed by atoms with Gasteiger partial charge in [0.15, 0.2) is 5.60 Å². The topological polar surface area (TPSA) is 23.5 Å². The molecule has 0 aliphatic carbocycles. The molecule has 0 radical (unpaired) electrons. The monoisotopic (exact) mass is 327 g/mol. The number of terminal acetylenes is 1. The number of piperidine rings is 1. The van der Waals surface area contributed by atoms with Crippen LogP contribution in [-0.2, 0) is 5.60 Å². The third-order valence-electron chi connectivity index (χ3n) is 4.54. The van der Waals surface area contributed by atoms with E-state index in [0.717, 1.165) is 43.8 Å². The summed E-state index contributed by atoms with van der Waals surface area (Å²) in [6.07, 6.45) is 9.06. The van der Waals surface area contributed by atoms with Crippen LogP contribution in [0.2, 0.25) is 0 Å². The maximum absolute atomic E-state index is 14.1. The van der Waals surface area contributed by atoms with Crippen molar-refractivity contribution in [3.8, 4) is 12.3 Å². The zero-order valence-electron chi connectivity index (χ0n) is 13.3. The largest absolute Gasteiger partial charge is 0.372 e. The van der Waals surface area contributed by atoms with Gasteiger partial charge < -0.3 is 10.0 Å². The third kappa shape index (κ3) is 3.00. The summed E-state index contributed by atoms with van der Waals surface area (Å²) in [6, 6.07) is 10.2. The Labute approximate surface area is 140 Å². The molecule has 24 heavy (non-hydrogen) atoms. The summed E-state index contributed by atoms with van der Waals surface area (Å²) in [6.45, 7) is 2.01. The summed E-state index contributed by atoms with van der Waals surface area (Å²) in [5.74, 6) is 0.673. The Bertz CT molecular complexity index is 760. The molecular weight excluding hydrogens is 308 g/mol. The van der Waals surface area contributed by atoms with Crippen LogP contribution in [0.3, 0.4) is 0 Å². The van der Waals surface area contributed by atoms with Crippen LogP contribution in [0.25, 0.3) is 0 Å². The molecule has 2 nitrogen and oxygen atoms in total. The minimum absolute atomic E-state index is 0.128. The molecule has 0 spiro atoms. The number of halogens is 2. The van der Waals surface area contributed by atoms with Crippen LogP contribution in [0, 0.1) is 24.0 Å². The van der Waals surface area contributed by atoms with Crippen molar-refractivity contribution in [2.24, 2.45) is 0 Å². The second-order valence-corrected chi connectivity index (χ2v) is 6.07. The molecule has 1 heterocycles. The Morgan fingerprint density at radius 1 is 1.00 bits per heavy atom. The first kappa shape index (κ1) is 16.5. The second kappa shape index (κ2) is 6.62. The number of hydrogen-bond acceptors (Lipinski definition) is 2. The highest BCUT2D eigenvalue weighted by Crippen LogP contribution is 2.32. The zero-order chi connectivity index (χ0) is 17.2. The third-order valence-corrected chi connectivity index (χ3v) is 4.54. The van der Waals surface area contributed by atoms with Gasteiger partial charge in [0, 0.05) is 36.0 Å². The van der Waals surface area contributed by atoms with Crippen molar-refractivity contribution in [3.63, 3.8) is 0 Å². The van der Waals surface area contributed by atoms with Crippen LogP contribution in [0.5, 0.6) is 0 Å². The van der Waals surface area contributed by atoms with Gasteiger partial charge in [0.05, 0.1) is 0 Å². The fraction of sp³-hybridized carbons (Fsp3) is 0.300. The normalized spacial score (nSPS) is 17.2. The van der Waals surface area contributed by atoms with Gasteiger partial charge in [0.2, 0.25) is 0 Å². The van der Waals surface area contributed by atoms with E-state index in [1.807, 2.05) is 12.1 Å². The number of benzene rings is 2. The molecule has 0 bridgehead atoms. The zero-order valence-corrected chi connectivity index (χ0v) is 13.3. The Morgan fingerprint density at radius 2 is 1.67 bits per heavy atom. The maximum Gasteiger partial charge on any atom is 0.179 e. The average molecular weight is 327 g/mol. The van der Waals surface area contributed by atoms with Gasteiger partial charge in [-0.3, -0.25) is 0 Å². The Kier molecular flexibility index (Phi) is 4.55. The molecule has 1 aliphatic heterocycles. The van der Waals surface area contributed by atoms with Gasteiger partial charge in [-0.25, -0.2) is 8.78 Å². The molecule has 1 aliphatic rings. The molecule has 2 aromatic rings. The quantitative estimate of drug-likeness (QED) is 0.866. The van der Waals surface area contributed by atoms with E-state index in [1.165, 1.54) is 12.5 Å². The molecule has 0 saturated carbocycles. The van der Waals surface area contributed by atoms with Gasteiger partial charge in [-0.05, 0) is 43.5 Å². The summed E-state index contributed by atoms with van der Waals surface area (Å²) in [7, 11) is 0. The second-order valence-electron chi connectivity index (χ2n) is 6.07. The van der Waals surface area contributed by atoms with Crippen LogP contribution >= 0.6 is 0 Å². The minimum Gasteiger partial charge on any atom is -0.372 e. The lowest BCUT2D eigenvalue weighted by Crippen LogP contribution is -2.30. The van der Waals surface area contributed by atoms with Crippen molar-refractivity contribution in [3.05, 3.63) is 65.2 Å². The van der Waals surface area contributed by atoms with Gasteiger partial charge in [0.1, 0.15) is 11.6 Å². The molecule has 1 saturated heterocycles. The summed E-state index contributed by atoms with van der Waals surface area (Å²) in [5, 5.41) is 10.8. The molecule has 1 fully saturated rings. The summed E-state index contributed by atoms with van der Waals surface area (Å²) < 4.78 is 27.2. The molecule has 4 heteroatoms. The predicted octanol–water partition coefficient (Wildman–Crippen LogP) is 3.82. The SMILES string of the molecule is C#CC(O)(c1ccc(N2CCCCC2)cc1)c1ccc(F)cc1F. The van der Waals surface area contributed by atoms with E-state index < -0.39 is 17.2 Å². The standard InChI is InChI=1S/C20H19F2NO/c1-2-20(24,18-11-8-16(21)14-19(18)22)15-6-9-17(10-7-15)23-12-4-3-5-13-23/h1,6-11,14,24H,3-5,12-13H2. The van der Waals surface area contributed by atoms with Gasteiger partial charge in [-0.1, -0.05) is 18.1 Å². The molecule has 0 amide bonds. The number of anilines is 1. The van der Waals surface area contributed by atoms with Crippen LogP contribution in [0.15, 0.2) is 42.5 Å². The molecule has 1 N–H and O–H groups in total. The predicted molar refractivity (Wildman–Crippen MR) is 90.7 cm³/mol. The first-order chi connectivity index (χ1) is 11.5. The highest BCUT2D eigenvalue weighted by atomic mass is 19.1. The van der Waals surface area contributed by atoms with Crippen molar-refractivity contribution < 1.29 is 13.9 Å². The molecule has 2 aromatic carbocycles. The number of rotatable bonds is 3. The lowest BCUT2D eigenvalue weighted by Gasteiger charge is -2.30. The summed E-state index contributed by atoms with van der Waals surface area (Å²) >= 11 is 0. The first-order valence-electron chi connectivity index (χ1n) is 8.06. The fourth-order valence-electron chi connectivity index (χ4n) is 3.17. The fourth-order valence-corrected chi connectivity index (χ4v) is 3.17. The number of hydrogen-bond donors (Lipinski definition) is 1. The van der Waals surface area contributed by atoms with E-state index >= 15 is 0 Å². The number of aliphatic hydroxyl groups is 1. The Morgan fingerprint density at radius 3 is 2.25 bits per heavy atom. The minimum atomic E-state index is -1.93. The van der Waals surface area contributed by atoms with Crippen molar-refractivity contribution in [1.82, 2.24) is 0 Å². The van der Waals surface area contributed by atoms with Crippen molar-refractivity contribution in [1.29, 1.82) is 0 Å². The van der Waals surface area contributed by atoms with Gasteiger partial charge >= 0.3 is 0 Å². The van der Waals surface area contributed by atoms with E-state index in [2.05, 4.69) is 10.8 Å². The molecule has 1 atom stereocenters. The summed E-state index contributed by atoms with van der Waals surface area (Å²) in [4.78, 5) is 2.28. The van der Waals surface area contributed by atoms with Gasteiger partial charge in [-0.2, -0.15) is 0 Å². The van der Waals surface area contributed by atoms with E-state index in [9.17, 15) is 13.9 Å². The van der Waals surface area contributed by atoms with Crippen molar-refractivity contribution >= 4 is 5.69 Å². The maximum atomic E-state index is 14.1.